The van der Waals surface area contributed by atoms with Gasteiger partial charge in [0.15, 0.2) is 0 Å². The number of rotatable bonds is 9. The molecule has 0 nitrogen and oxygen atoms in total. The second kappa shape index (κ2) is 10.1. The Kier molecular flexibility index (Phi) is 10.2. The van der Waals surface area contributed by atoms with E-state index in [1.807, 2.05) is 0 Å². The zero-order chi connectivity index (χ0) is 9.94. The Morgan fingerprint density at radius 2 is 1.31 bits per heavy atom. The summed E-state index contributed by atoms with van der Waals surface area (Å²) < 4.78 is 0. The quantitative estimate of drug-likeness (QED) is 0.362. The van der Waals surface area contributed by atoms with Crippen molar-refractivity contribution < 1.29 is 0 Å². The van der Waals surface area contributed by atoms with Crippen LogP contribution in [0.1, 0.15) is 71.6 Å². The van der Waals surface area contributed by atoms with E-state index in [0.29, 0.717) is 5.82 Å². The van der Waals surface area contributed by atoms with Crippen LogP contribution >= 0.6 is 0 Å². The van der Waals surface area contributed by atoms with Crippen molar-refractivity contribution in [2.24, 2.45) is 0 Å². The molecule has 0 aliphatic carbocycles. The SMILES string of the molecule is [B]C(C)CCCCCCCCCC. The van der Waals surface area contributed by atoms with Gasteiger partial charge in [-0.2, -0.15) is 0 Å². The minimum absolute atomic E-state index is 0.403. The number of hydrogen-bond donors (Lipinski definition) is 0. The summed E-state index contributed by atoms with van der Waals surface area (Å²) in [6, 6.07) is 0. The first-order chi connectivity index (χ1) is 6.27. The van der Waals surface area contributed by atoms with Gasteiger partial charge in [0.05, 0.1) is 7.85 Å². The molecule has 0 saturated heterocycles. The minimum atomic E-state index is 0.403. The predicted molar refractivity (Wildman–Crippen MR) is 62.4 cm³/mol. The summed E-state index contributed by atoms with van der Waals surface area (Å²) in [6.45, 7) is 4.36. The van der Waals surface area contributed by atoms with Crippen LogP contribution in [0.3, 0.4) is 0 Å². The molecule has 76 valence electrons. The Morgan fingerprint density at radius 1 is 0.846 bits per heavy atom. The van der Waals surface area contributed by atoms with E-state index < -0.39 is 0 Å². The fourth-order valence-electron chi connectivity index (χ4n) is 1.60. The highest BCUT2D eigenvalue weighted by Crippen LogP contribution is 2.13. The highest BCUT2D eigenvalue weighted by Gasteiger charge is 1.94. The van der Waals surface area contributed by atoms with Crippen LogP contribution in [0, 0.1) is 0 Å². The normalized spacial score (nSPS) is 13.1. The molecule has 0 bridgehead atoms. The van der Waals surface area contributed by atoms with E-state index in [0.717, 1.165) is 0 Å². The van der Waals surface area contributed by atoms with Crippen LogP contribution in [0.2, 0.25) is 5.82 Å². The van der Waals surface area contributed by atoms with Gasteiger partial charge in [-0.3, -0.25) is 0 Å². The maximum absolute atomic E-state index is 5.67. The van der Waals surface area contributed by atoms with E-state index in [2.05, 4.69) is 13.8 Å². The van der Waals surface area contributed by atoms with Crippen LogP contribution in [-0.4, -0.2) is 7.85 Å². The molecule has 1 unspecified atom stereocenters. The average Bonchev–Trinajstić information content (AvgIpc) is 2.09. The van der Waals surface area contributed by atoms with E-state index >= 15 is 0 Å². The van der Waals surface area contributed by atoms with E-state index in [-0.39, 0.29) is 0 Å². The van der Waals surface area contributed by atoms with Gasteiger partial charge in [0.2, 0.25) is 0 Å². The molecular weight excluding hydrogens is 155 g/mol. The van der Waals surface area contributed by atoms with Crippen LogP contribution in [0.25, 0.3) is 0 Å². The predicted octanol–water partition coefficient (Wildman–Crippen LogP) is 4.49. The Bertz CT molecular complexity index is 89.1. The van der Waals surface area contributed by atoms with Crippen LogP contribution in [0.4, 0.5) is 0 Å². The highest BCUT2D eigenvalue weighted by atomic mass is 14.0. The van der Waals surface area contributed by atoms with Crippen LogP contribution in [0.15, 0.2) is 0 Å². The van der Waals surface area contributed by atoms with Gasteiger partial charge in [0.25, 0.3) is 0 Å². The van der Waals surface area contributed by atoms with E-state index in [1.165, 1.54) is 57.8 Å². The molecular formula is C12H25B. The van der Waals surface area contributed by atoms with E-state index in [4.69, 9.17) is 7.85 Å². The van der Waals surface area contributed by atoms with Gasteiger partial charge in [-0.15, -0.1) is 0 Å². The molecule has 1 heteroatoms. The fourth-order valence-corrected chi connectivity index (χ4v) is 1.60. The monoisotopic (exact) mass is 180 g/mol. The van der Waals surface area contributed by atoms with Gasteiger partial charge >= 0.3 is 0 Å². The van der Waals surface area contributed by atoms with Crippen molar-refractivity contribution >= 4 is 7.85 Å². The van der Waals surface area contributed by atoms with E-state index in [1.54, 1.807) is 0 Å². The Balaban J connectivity index is 2.84. The molecule has 0 spiro atoms. The smallest absolute Gasteiger partial charge is 0.0695 e. The van der Waals surface area contributed by atoms with Crippen molar-refractivity contribution in [3.63, 3.8) is 0 Å². The molecule has 0 fully saturated rings. The lowest BCUT2D eigenvalue weighted by molar-refractivity contribution is 0.562. The maximum Gasteiger partial charge on any atom is 0.0695 e. The largest absolute Gasteiger partial charge is 0.0802 e. The summed E-state index contributed by atoms with van der Waals surface area (Å²) in [4.78, 5) is 0. The second-order valence-electron chi connectivity index (χ2n) is 4.24. The van der Waals surface area contributed by atoms with Crippen molar-refractivity contribution in [1.82, 2.24) is 0 Å². The lowest BCUT2D eigenvalue weighted by atomic mass is 9.85. The molecule has 0 saturated carbocycles. The molecule has 0 aromatic heterocycles. The lowest BCUT2D eigenvalue weighted by Gasteiger charge is -2.04. The van der Waals surface area contributed by atoms with Crippen molar-refractivity contribution in [2.45, 2.75) is 77.5 Å². The molecule has 0 rings (SSSR count). The summed E-state index contributed by atoms with van der Waals surface area (Å²) in [5, 5.41) is 0. The lowest BCUT2D eigenvalue weighted by Crippen LogP contribution is -1.86. The van der Waals surface area contributed by atoms with Crippen LogP contribution in [-0.2, 0) is 0 Å². The highest BCUT2D eigenvalue weighted by molar-refractivity contribution is 6.11. The third kappa shape index (κ3) is 12.1. The maximum atomic E-state index is 5.67. The first-order valence-electron chi connectivity index (χ1n) is 6.03. The summed E-state index contributed by atoms with van der Waals surface area (Å²) in [5.74, 6) is 0.403. The molecule has 0 aromatic rings. The van der Waals surface area contributed by atoms with Crippen molar-refractivity contribution in [3.05, 3.63) is 0 Å². The van der Waals surface area contributed by atoms with Crippen LogP contribution in [0.5, 0.6) is 0 Å². The standard InChI is InChI=1S/C12H25B/c1-3-4-5-6-7-8-9-10-11-12(2)13/h12H,3-11H2,1-2H3. The summed E-state index contributed by atoms with van der Waals surface area (Å²) in [5.41, 5.74) is 0. The topological polar surface area (TPSA) is 0 Å². The molecule has 13 heavy (non-hydrogen) atoms. The first-order valence-corrected chi connectivity index (χ1v) is 6.03. The van der Waals surface area contributed by atoms with Gasteiger partial charge in [0.1, 0.15) is 0 Å². The first kappa shape index (κ1) is 13.1. The number of hydrogen-bond acceptors (Lipinski definition) is 0. The Morgan fingerprint density at radius 3 is 1.77 bits per heavy atom. The molecule has 2 radical (unpaired) electrons. The molecule has 0 amide bonds. The van der Waals surface area contributed by atoms with Gasteiger partial charge < -0.3 is 0 Å². The van der Waals surface area contributed by atoms with E-state index in [9.17, 15) is 0 Å². The third-order valence-electron chi connectivity index (χ3n) is 2.51. The van der Waals surface area contributed by atoms with Gasteiger partial charge in [-0.1, -0.05) is 77.5 Å². The molecule has 0 aromatic carbocycles. The Hall–Kier alpha value is 0.0649. The summed E-state index contributed by atoms with van der Waals surface area (Å²) in [7, 11) is 5.67. The number of unbranched alkanes of at least 4 members (excludes halogenated alkanes) is 7. The minimum Gasteiger partial charge on any atom is -0.0802 e. The third-order valence-corrected chi connectivity index (χ3v) is 2.51. The Labute approximate surface area is 85.9 Å². The fraction of sp³-hybridized carbons (Fsp3) is 1.00. The van der Waals surface area contributed by atoms with Crippen molar-refractivity contribution in [2.75, 3.05) is 0 Å². The summed E-state index contributed by atoms with van der Waals surface area (Å²) >= 11 is 0. The van der Waals surface area contributed by atoms with Gasteiger partial charge in [-0.05, 0) is 0 Å². The zero-order valence-corrected chi connectivity index (χ0v) is 9.52. The zero-order valence-electron chi connectivity index (χ0n) is 9.52. The molecule has 0 aliphatic heterocycles. The molecule has 1 atom stereocenters. The average molecular weight is 180 g/mol. The van der Waals surface area contributed by atoms with Crippen LogP contribution < -0.4 is 0 Å². The van der Waals surface area contributed by atoms with Crippen molar-refractivity contribution in [1.29, 1.82) is 0 Å². The van der Waals surface area contributed by atoms with Gasteiger partial charge in [0, 0.05) is 0 Å². The molecule has 0 aliphatic rings. The second-order valence-corrected chi connectivity index (χ2v) is 4.24. The molecule has 0 heterocycles. The van der Waals surface area contributed by atoms with Crippen molar-refractivity contribution in [3.8, 4) is 0 Å². The molecule has 0 N–H and O–H groups in total. The van der Waals surface area contributed by atoms with Gasteiger partial charge in [-0.25, -0.2) is 0 Å². The summed E-state index contributed by atoms with van der Waals surface area (Å²) in [6.07, 6.45) is 12.4.